The predicted octanol–water partition coefficient (Wildman–Crippen LogP) is 2.46. The monoisotopic (exact) mass is 280 g/mol. The van der Waals surface area contributed by atoms with Crippen LogP contribution >= 0.6 is 15.9 Å². The first-order chi connectivity index (χ1) is 7.65. The molecular formula is C12H13BrN2O. The van der Waals surface area contributed by atoms with E-state index in [4.69, 9.17) is 0 Å². The molecule has 2 aromatic rings. The van der Waals surface area contributed by atoms with Crippen LogP contribution in [0.25, 0.3) is 0 Å². The molecule has 2 rings (SSSR count). The maximum Gasteiger partial charge on any atom is 0.0860 e. The maximum atomic E-state index is 10.0. The van der Waals surface area contributed by atoms with Gasteiger partial charge in [-0.25, -0.2) is 0 Å². The third-order valence-corrected chi connectivity index (χ3v) is 2.92. The van der Waals surface area contributed by atoms with E-state index in [0.29, 0.717) is 6.42 Å². The SMILES string of the molecule is Cn1cc(C(O)Cc2cccc(Br)c2)cn1. The minimum atomic E-state index is -0.497. The van der Waals surface area contributed by atoms with E-state index >= 15 is 0 Å². The molecule has 0 bridgehead atoms. The van der Waals surface area contributed by atoms with Crippen LogP contribution in [0.3, 0.4) is 0 Å². The zero-order chi connectivity index (χ0) is 11.5. The Balaban J connectivity index is 2.10. The molecule has 1 N–H and O–H groups in total. The molecule has 0 spiro atoms. The number of hydrogen-bond acceptors (Lipinski definition) is 2. The van der Waals surface area contributed by atoms with Gasteiger partial charge < -0.3 is 5.11 Å². The molecule has 0 aliphatic rings. The van der Waals surface area contributed by atoms with E-state index < -0.39 is 6.10 Å². The molecule has 0 amide bonds. The Morgan fingerprint density at radius 2 is 2.31 bits per heavy atom. The summed E-state index contributed by atoms with van der Waals surface area (Å²) in [5.41, 5.74) is 1.95. The Morgan fingerprint density at radius 3 is 2.94 bits per heavy atom. The van der Waals surface area contributed by atoms with Gasteiger partial charge in [0.2, 0.25) is 0 Å². The molecule has 16 heavy (non-hydrogen) atoms. The fraction of sp³-hybridized carbons (Fsp3) is 0.250. The largest absolute Gasteiger partial charge is 0.388 e. The highest BCUT2D eigenvalue weighted by Gasteiger charge is 2.10. The summed E-state index contributed by atoms with van der Waals surface area (Å²) in [5, 5.41) is 14.1. The molecule has 3 nitrogen and oxygen atoms in total. The van der Waals surface area contributed by atoms with Gasteiger partial charge in [0.1, 0.15) is 0 Å². The number of aliphatic hydroxyl groups is 1. The molecule has 1 aromatic carbocycles. The number of hydrogen-bond donors (Lipinski definition) is 1. The van der Waals surface area contributed by atoms with Crippen LogP contribution < -0.4 is 0 Å². The molecule has 4 heteroatoms. The molecule has 84 valence electrons. The first-order valence-electron chi connectivity index (χ1n) is 5.06. The first-order valence-corrected chi connectivity index (χ1v) is 5.85. The molecule has 0 aliphatic heterocycles. The highest BCUT2D eigenvalue weighted by molar-refractivity contribution is 9.10. The summed E-state index contributed by atoms with van der Waals surface area (Å²) in [4.78, 5) is 0. The fourth-order valence-corrected chi connectivity index (χ4v) is 2.06. The van der Waals surface area contributed by atoms with Crippen molar-refractivity contribution in [2.24, 2.45) is 7.05 Å². The van der Waals surface area contributed by atoms with Crippen molar-refractivity contribution in [2.75, 3.05) is 0 Å². The summed E-state index contributed by atoms with van der Waals surface area (Å²) in [7, 11) is 1.84. The summed E-state index contributed by atoms with van der Waals surface area (Å²) in [5.74, 6) is 0. The van der Waals surface area contributed by atoms with Crippen LogP contribution in [0.5, 0.6) is 0 Å². The normalized spacial score (nSPS) is 12.7. The average Bonchev–Trinajstić information content (AvgIpc) is 2.65. The minimum absolute atomic E-state index is 0.497. The van der Waals surface area contributed by atoms with E-state index in [-0.39, 0.29) is 0 Å². The molecule has 1 unspecified atom stereocenters. The lowest BCUT2D eigenvalue weighted by atomic mass is 10.0. The smallest absolute Gasteiger partial charge is 0.0860 e. The first kappa shape index (κ1) is 11.4. The summed E-state index contributed by atoms with van der Waals surface area (Å²) in [6, 6.07) is 7.96. The average molecular weight is 281 g/mol. The lowest BCUT2D eigenvalue weighted by Crippen LogP contribution is -2.00. The number of halogens is 1. The van der Waals surface area contributed by atoms with Crippen molar-refractivity contribution in [2.45, 2.75) is 12.5 Å². The van der Waals surface area contributed by atoms with E-state index in [2.05, 4.69) is 21.0 Å². The molecule has 1 atom stereocenters. The van der Waals surface area contributed by atoms with Gasteiger partial charge in [-0.1, -0.05) is 28.1 Å². The zero-order valence-corrected chi connectivity index (χ0v) is 10.6. The van der Waals surface area contributed by atoms with Gasteiger partial charge in [0.05, 0.1) is 12.3 Å². The van der Waals surface area contributed by atoms with E-state index in [1.54, 1.807) is 10.9 Å². The van der Waals surface area contributed by atoms with Gasteiger partial charge in [0.15, 0.2) is 0 Å². The molecule has 0 radical (unpaired) electrons. The summed E-state index contributed by atoms with van der Waals surface area (Å²) < 4.78 is 2.72. The van der Waals surface area contributed by atoms with Gasteiger partial charge in [-0.05, 0) is 17.7 Å². The van der Waals surface area contributed by atoms with Crippen molar-refractivity contribution < 1.29 is 5.11 Å². The van der Waals surface area contributed by atoms with Gasteiger partial charge in [-0.15, -0.1) is 0 Å². The standard InChI is InChI=1S/C12H13BrN2O/c1-15-8-10(7-14-15)12(16)6-9-3-2-4-11(13)5-9/h2-5,7-8,12,16H,6H2,1H3. The predicted molar refractivity (Wildman–Crippen MR) is 66.0 cm³/mol. The van der Waals surface area contributed by atoms with Crippen molar-refractivity contribution in [1.29, 1.82) is 0 Å². The van der Waals surface area contributed by atoms with Crippen molar-refractivity contribution in [3.8, 4) is 0 Å². The maximum absolute atomic E-state index is 10.0. The second-order valence-corrected chi connectivity index (χ2v) is 4.71. The molecule has 1 heterocycles. The Kier molecular flexibility index (Phi) is 3.41. The van der Waals surface area contributed by atoms with Crippen LogP contribution in [0.4, 0.5) is 0 Å². The van der Waals surface area contributed by atoms with Crippen molar-refractivity contribution in [1.82, 2.24) is 9.78 Å². The highest BCUT2D eigenvalue weighted by Crippen LogP contribution is 2.19. The number of nitrogens with zero attached hydrogens (tertiary/aromatic N) is 2. The fourth-order valence-electron chi connectivity index (χ4n) is 1.62. The molecule has 0 saturated carbocycles. The molecular weight excluding hydrogens is 268 g/mol. The van der Waals surface area contributed by atoms with Gasteiger partial charge in [0, 0.05) is 29.7 Å². The van der Waals surface area contributed by atoms with Gasteiger partial charge >= 0.3 is 0 Å². The lowest BCUT2D eigenvalue weighted by molar-refractivity contribution is 0.178. The van der Waals surface area contributed by atoms with Crippen molar-refractivity contribution in [3.05, 3.63) is 52.3 Å². The summed E-state index contributed by atoms with van der Waals surface area (Å²) >= 11 is 3.41. The molecule has 1 aromatic heterocycles. The third-order valence-electron chi connectivity index (χ3n) is 2.43. The zero-order valence-electron chi connectivity index (χ0n) is 8.97. The molecule has 0 saturated heterocycles. The Morgan fingerprint density at radius 1 is 1.50 bits per heavy atom. The van der Waals surface area contributed by atoms with Crippen LogP contribution in [0.15, 0.2) is 41.1 Å². The number of rotatable bonds is 3. The van der Waals surface area contributed by atoms with E-state index in [0.717, 1.165) is 15.6 Å². The second kappa shape index (κ2) is 4.80. The molecule has 0 aliphatic carbocycles. The second-order valence-electron chi connectivity index (χ2n) is 3.80. The topological polar surface area (TPSA) is 38.0 Å². The Hall–Kier alpha value is -1.13. The Bertz CT molecular complexity index is 481. The number of aliphatic hydroxyl groups excluding tert-OH is 1. The van der Waals surface area contributed by atoms with Gasteiger partial charge in [-0.3, -0.25) is 4.68 Å². The van der Waals surface area contributed by atoms with Gasteiger partial charge in [-0.2, -0.15) is 5.10 Å². The van der Waals surface area contributed by atoms with E-state index in [9.17, 15) is 5.11 Å². The van der Waals surface area contributed by atoms with Crippen LogP contribution in [-0.2, 0) is 13.5 Å². The Labute approximate surface area is 103 Å². The van der Waals surface area contributed by atoms with E-state index in [1.165, 1.54) is 0 Å². The van der Waals surface area contributed by atoms with Crippen LogP contribution in [0, 0.1) is 0 Å². The lowest BCUT2D eigenvalue weighted by Gasteiger charge is -2.08. The van der Waals surface area contributed by atoms with Crippen LogP contribution in [-0.4, -0.2) is 14.9 Å². The van der Waals surface area contributed by atoms with Crippen molar-refractivity contribution in [3.63, 3.8) is 0 Å². The number of benzene rings is 1. The number of aromatic nitrogens is 2. The van der Waals surface area contributed by atoms with Crippen LogP contribution in [0.2, 0.25) is 0 Å². The quantitative estimate of drug-likeness (QED) is 0.938. The molecule has 0 fully saturated rings. The van der Waals surface area contributed by atoms with Crippen molar-refractivity contribution >= 4 is 15.9 Å². The third kappa shape index (κ3) is 2.71. The summed E-state index contributed by atoms with van der Waals surface area (Å²) in [6.07, 6.45) is 3.64. The highest BCUT2D eigenvalue weighted by atomic mass is 79.9. The van der Waals surface area contributed by atoms with Crippen LogP contribution in [0.1, 0.15) is 17.2 Å². The number of aryl methyl sites for hydroxylation is 1. The minimum Gasteiger partial charge on any atom is -0.388 e. The van der Waals surface area contributed by atoms with Gasteiger partial charge in [0.25, 0.3) is 0 Å². The summed E-state index contributed by atoms with van der Waals surface area (Å²) in [6.45, 7) is 0. The van der Waals surface area contributed by atoms with E-state index in [1.807, 2.05) is 37.5 Å².